The predicted octanol–water partition coefficient (Wildman–Crippen LogP) is 0.388. The van der Waals surface area contributed by atoms with E-state index in [0.29, 0.717) is 16.4 Å². The third-order valence-electron chi connectivity index (χ3n) is 1.41. The van der Waals surface area contributed by atoms with Crippen molar-refractivity contribution < 1.29 is 4.79 Å². The zero-order valence-electron chi connectivity index (χ0n) is 6.32. The van der Waals surface area contributed by atoms with E-state index in [4.69, 9.17) is 18.0 Å². The number of hydrogen-bond acceptors (Lipinski definition) is 3. The number of amides is 1. The van der Waals surface area contributed by atoms with Gasteiger partial charge in [-0.1, -0.05) is 24.4 Å². The van der Waals surface area contributed by atoms with Crippen LogP contribution >= 0.6 is 24.4 Å². The molecular weight excluding hydrogens is 192 g/mol. The lowest BCUT2D eigenvalue weighted by Crippen LogP contribution is -2.36. The number of nitrogens with two attached hydrogens (primary N) is 1. The third kappa shape index (κ3) is 2.35. The van der Waals surface area contributed by atoms with Gasteiger partial charge in [-0.15, -0.1) is 0 Å². The molecule has 0 saturated carbocycles. The fourth-order valence-electron chi connectivity index (χ4n) is 0.875. The summed E-state index contributed by atoms with van der Waals surface area (Å²) in [4.78, 5) is 13.6. The Morgan fingerprint density at radius 3 is 2.92 bits per heavy atom. The molecular formula is C7H8N2OS2. The Kier molecular flexibility index (Phi) is 2.88. The Bertz CT molecular complexity index is 273. The van der Waals surface area contributed by atoms with Crippen LogP contribution in [-0.2, 0) is 4.79 Å². The van der Waals surface area contributed by atoms with Crippen LogP contribution in [0.3, 0.4) is 0 Å². The van der Waals surface area contributed by atoms with Crippen LogP contribution in [0.2, 0.25) is 0 Å². The van der Waals surface area contributed by atoms with Gasteiger partial charge in [0.15, 0.2) is 0 Å². The quantitative estimate of drug-likeness (QED) is 0.655. The highest BCUT2D eigenvalue weighted by Crippen LogP contribution is 2.05. The van der Waals surface area contributed by atoms with Crippen LogP contribution in [0.5, 0.6) is 0 Å². The number of rotatable bonds is 2. The van der Waals surface area contributed by atoms with Gasteiger partial charge in [0.2, 0.25) is 5.91 Å². The van der Waals surface area contributed by atoms with Crippen LogP contribution in [0, 0.1) is 0 Å². The molecule has 1 amide bonds. The topological polar surface area (TPSA) is 46.3 Å². The van der Waals surface area contributed by atoms with E-state index < -0.39 is 0 Å². The molecule has 0 atom stereocenters. The van der Waals surface area contributed by atoms with Crippen molar-refractivity contribution in [2.45, 2.75) is 6.42 Å². The standard InChI is InChI=1S/C7H8N2OS2/c8-6(12)4-9-2-1-5(11)3-7(9)10/h1-2H,3-4H2,(H2,8,12). The largest absolute Gasteiger partial charge is 0.392 e. The number of thiocarbonyl (C=S) groups is 2. The average molecular weight is 200 g/mol. The second-order valence-corrected chi connectivity index (χ2v) is 3.50. The van der Waals surface area contributed by atoms with Gasteiger partial charge in [0.1, 0.15) is 0 Å². The van der Waals surface area contributed by atoms with Crippen molar-refractivity contribution in [3.05, 3.63) is 12.3 Å². The maximum absolute atomic E-state index is 11.2. The van der Waals surface area contributed by atoms with Crippen molar-refractivity contribution in [1.29, 1.82) is 0 Å². The minimum Gasteiger partial charge on any atom is -0.392 e. The lowest BCUT2D eigenvalue weighted by Gasteiger charge is -2.20. The average Bonchev–Trinajstić information content (AvgIpc) is 1.94. The number of hydrogen-bond donors (Lipinski definition) is 1. The Labute approximate surface area is 81.2 Å². The van der Waals surface area contributed by atoms with E-state index in [9.17, 15) is 4.79 Å². The van der Waals surface area contributed by atoms with Crippen molar-refractivity contribution in [2.75, 3.05) is 6.54 Å². The lowest BCUT2D eigenvalue weighted by molar-refractivity contribution is -0.126. The van der Waals surface area contributed by atoms with Crippen molar-refractivity contribution in [3.8, 4) is 0 Å². The summed E-state index contributed by atoms with van der Waals surface area (Å²) in [6.45, 7) is 0.299. The number of allylic oxidation sites excluding steroid dienone is 1. The van der Waals surface area contributed by atoms with E-state index in [1.807, 2.05) is 0 Å². The van der Waals surface area contributed by atoms with Crippen LogP contribution in [0.4, 0.5) is 0 Å². The second-order valence-electron chi connectivity index (χ2n) is 2.45. The normalized spacial score (nSPS) is 16.8. The molecule has 0 saturated heterocycles. The van der Waals surface area contributed by atoms with E-state index in [-0.39, 0.29) is 12.3 Å². The molecule has 1 aliphatic rings. The Morgan fingerprint density at radius 1 is 1.75 bits per heavy atom. The molecule has 0 aromatic rings. The minimum absolute atomic E-state index is 0.0460. The minimum atomic E-state index is -0.0460. The summed E-state index contributed by atoms with van der Waals surface area (Å²) in [5.41, 5.74) is 5.29. The van der Waals surface area contributed by atoms with E-state index in [1.165, 1.54) is 4.90 Å². The molecule has 1 aliphatic heterocycles. The first-order valence-corrected chi connectivity index (χ1v) is 4.20. The van der Waals surface area contributed by atoms with Crippen LogP contribution in [-0.4, -0.2) is 27.2 Å². The monoisotopic (exact) mass is 200 g/mol. The molecule has 12 heavy (non-hydrogen) atoms. The van der Waals surface area contributed by atoms with Gasteiger partial charge in [0.05, 0.1) is 18.0 Å². The molecule has 0 aliphatic carbocycles. The first-order chi connectivity index (χ1) is 5.59. The van der Waals surface area contributed by atoms with Gasteiger partial charge in [-0.2, -0.15) is 0 Å². The zero-order chi connectivity index (χ0) is 9.14. The first kappa shape index (κ1) is 9.28. The summed E-state index contributed by atoms with van der Waals surface area (Å²) in [6, 6.07) is 0. The van der Waals surface area contributed by atoms with Crippen LogP contribution in [0.1, 0.15) is 6.42 Å². The number of carbonyl (C=O) groups is 1. The molecule has 2 N–H and O–H groups in total. The molecule has 0 radical (unpaired) electrons. The van der Waals surface area contributed by atoms with Crippen LogP contribution in [0.25, 0.3) is 0 Å². The fourth-order valence-corrected chi connectivity index (χ4v) is 1.20. The summed E-state index contributed by atoms with van der Waals surface area (Å²) in [6.07, 6.45) is 3.62. The van der Waals surface area contributed by atoms with Gasteiger partial charge in [0.25, 0.3) is 0 Å². The second kappa shape index (κ2) is 3.73. The number of nitrogens with zero attached hydrogens (tertiary/aromatic N) is 1. The van der Waals surface area contributed by atoms with Gasteiger partial charge >= 0.3 is 0 Å². The van der Waals surface area contributed by atoms with Crippen molar-refractivity contribution >= 4 is 40.2 Å². The van der Waals surface area contributed by atoms with Gasteiger partial charge in [0, 0.05) is 11.1 Å². The van der Waals surface area contributed by atoms with E-state index in [1.54, 1.807) is 12.3 Å². The molecule has 0 aromatic heterocycles. The summed E-state index contributed by atoms with van der Waals surface area (Å²) in [7, 11) is 0. The molecule has 0 bridgehead atoms. The third-order valence-corrected chi connectivity index (χ3v) is 1.82. The maximum atomic E-state index is 11.2. The van der Waals surface area contributed by atoms with Gasteiger partial charge in [-0.05, 0) is 6.08 Å². The fraction of sp³-hybridized carbons (Fsp3) is 0.286. The lowest BCUT2D eigenvalue weighted by atomic mass is 10.2. The molecule has 0 aromatic carbocycles. The molecule has 1 rings (SSSR count). The van der Waals surface area contributed by atoms with Gasteiger partial charge in [-0.25, -0.2) is 0 Å². The summed E-state index contributed by atoms with van der Waals surface area (Å²) < 4.78 is 0. The summed E-state index contributed by atoms with van der Waals surface area (Å²) in [5, 5.41) is 0. The van der Waals surface area contributed by atoms with Gasteiger partial charge in [-0.3, -0.25) is 4.79 Å². The van der Waals surface area contributed by atoms with Crippen LogP contribution in [0.15, 0.2) is 12.3 Å². The Balaban J connectivity index is 2.66. The highest BCUT2D eigenvalue weighted by Gasteiger charge is 2.16. The first-order valence-electron chi connectivity index (χ1n) is 3.38. The predicted molar refractivity (Wildman–Crippen MR) is 54.9 cm³/mol. The smallest absolute Gasteiger partial charge is 0.232 e. The molecule has 3 nitrogen and oxygen atoms in total. The van der Waals surface area contributed by atoms with E-state index in [0.717, 1.165) is 0 Å². The molecule has 1 heterocycles. The molecule has 5 heteroatoms. The highest BCUT2D eigenvalue weighted by atomic mass is 32.1. The summed E-state index contributed by atoms with van der Waals surface area (Å²) >= 11 is 9.53. The highest BCUT2D eigenvalue weighted by molar-refractivity contribution is 7.80. The molecule has 0 spiro atoms. The van der Waals surface area contributed by atoms with E-state index >= 15 is 0 Å². The Morgan fingerprint density at radius 2 is 2.42 bits per heavy atom. The van der Waals surface area contributed by atoms with Gasteiger partial charge < -0.3 is 10.6 Å². The zero-order valence-corrected chi connectivity index (χ0v) is 7.95. The van der Waals surface area contributed by atoms with Crippen molar-refractivity contribution in [2.24, 2.45) is 5.73 Å². The summed E-state index contributed by atoms with van der Waals surface area (Å²) in [5.74, 6) is -0.0460. The SMILES string of the molecule is NC(=S)CN1C=CC(=S)CC1=O. The molecule has 64 valence electrons. The molecule has 0 fully saturated rings. The van der Waals surface area contributed by atoms with Crippen molar-refractivity contribution in [1.82, 2.24) is 4.90 Å². The maximum Gasteiger partial charge on any atom is 0.232 e. The molecule has 0 unspecified atom stereocenters. The Hall–Kier alpha value is -0.810. The van der Waals surface area contributed by atoms with E-state index in [2.05, 4.69) is 12.2 Å². The number of carbonyl (C=O) groups excluding carboxylic acids is 1. The van der Waals surface area contributed by atoms with Crippen LogP contribution < -0.4 is 5.73 Å². The van der Waals surface area contributed by atoms with Crippen molar-refractivity contribution in [3.63, 3.8) is 0 Å².